The molecule has 16 heavy (non-hydrogen) atoms. The molecule has 0 bridgehead atoms. The van der Waals surface area contributed by atoms with Gasteiger partial charge in [0.2, 0.25) is 10.0 Å². The number of rotatable bonds is 4. The molecule has 0 unspecified atom stereocenters. The van der Waals surface area contributed by atoms with Crippen LogP contribution < -0.4 is 10.5 Å². The molecule has 0 saturated heterocycles. The second kappa shape index (κ2) is 4.63. The van der Waals surface area contributed by atoms with Gasteiger partial charge in [0.25, 0.3) is 0 Å². The number of nitrogens with one attached hydrogen (secondary N) is 2. The first-order valence-electron chi connectivity index (χ1n) is 4.73. The second-order valence-electron chi connectivity index (χ2n) is 3.62. The first-order chi connectivity index (χ1) is 7.33. The summed E-state index contributed by atoms with van der Waals surface area (Å²) in [5, 5.41) is 6.98. The number of benzene rings is 1. The summed E-state index contributed by atoms with van der Waals surface area (Å²) in [5.74, 6) is -0.215. The third-order valence-corrected chi connectivity index (χ3v) is 3.63. The number of hydrogen-bond acceptors (Lipinski definition) is 3. The molecular formula is C10H15N3O2S. The van der Waals surface area contributed by atoms with E-state index in [9.17, 15) is 8.42 Å². The van der Waals surface area contributed by atoms with Crippen LogP contribution in [0.4, 0.5) is 0 Å². The quantitative estimate of drug-likeness (QED) is 0.529. The van der Waals surface area contributed by atoms with Gasteiger partial charge in [0.1, 0.15) is 5.84 Å². The van der Waals surface area contributed by atoms with Crippen molar-refractivity contribution in [3.8, 4) is 0 Å². The summed E-state index contributed by atoms with van der Waals surface area (Å²) in [6.07, 6.45) is 0. The van der Waals surface area contributed by atoms with Crippen LogP contribution in [0.25, 0.3) is 0 Å². The van der Waals surface area contributed by atoms with Gasteiger partial charge in [-0.1, -0.05) is 17.7 Å². The first kappa shape index (κ1) is 12.7. The SMILES string of the molecule is Cc1ccc(S(=O)(=O)NCC(=N)N)c(C)c1. The van der Waals surface area contributed by atoms with Gasteiger partial charge in [0.05, 0.1) is 11.4 Å². The van der Waals surface area contributed by atoms with E-state index >= 15 is 0 Å². The van der Waals surface area contributed by atoms with Crippen LogP contribution in [0.1, 0.15) is 11.1 Å². The molecule has 0 atom stereocenters. The van der Waals surface area contributed by atoms with Crippen LogP contribution >= 0.6 is 0 Å². The summed E-state index contributed by atoms with van der Waals surface area (Å²) in [6, 6.07) is 5.07. The van der Waals surface area contributed by atoms with E-state index in [1.165, 1.54) is 0 Å². The Labute approximate surface area is 95.2 Å². The monoisotopic (exact) mass is 241 g/mol. The molecule has 0 aliphatic rings. The van der Waals surface area contributed by atoms with Crippen LogP contribution in [0.15, 0.2) is 23.1 Å². The van der Waals surface area contributed by atoms with Crippen LogP contribution in [0, 0.1) is 19.3 Å². The van der Waals surface area contributed by atoms with Gasteiger partial charge in [-0.15, -0.1) is 0 Å². The summed E-state index contributed by atoms with van der Waals surface area (Å²) < 4.78 is 25.9. The molecule has 1 aromatic rings. The van der Waals surface area contributed by atoms with E-state index in [-0.39, 0.29) is 17.3 Å². The van der Waals surface area contributed by atoms with E-state index in [4.69, 9.17) is 11.1 Å². The molecule has 1 aromatic carbocycles. The summed E-state index contributed by atoms with van der Waals surface area (Å²) in [5.41, 5.74) is 6.78. The van der Waals surface area contributed by atoms with E-state index in [1.807, 2.05) is 6.92 Å². The van der Waals surface area contributed by atoms with E-state index in [1.54, 1.807) is 25.1 Å². The van der Waals surface area contributed by atoms with E-state index in [0.717, 1.165) is 5.56 Å². The van der Waals surface area contributed by atoms with Crippen molar-refractivity contribution in [2.45, 2.75) is 18.7 Å². The van der Waals surface area contributed by atoms with E-state index < -0.39 is 10.0 Å². The minimum Gasteiger partial charge on any atom is -0.387 e. The predicted molar refractivity (Wildman–Crippen MR) is 63.0 cm³/mol. The van der Waals surface area contributed by atoms with Crippen LogP contribution in [-0.4, -0.2) is 20.8 Å². The fourth-order valence-electron chi connectivity index (χ4n) is 1.35. The molecule has 5 nitrogen and oxygen atoms in total. The summed E-state index contributed by atoms with van der Waals surface area (Å²) >= 11 is 0. The largest absolute Gasteiger partial charge is 0.387 e. The van der Waals surface area contributed by atoms with Crippen LogP contribution in [0.3, 0.4) is 0 Å². The standard InChI is InChI=1S/C10H15N3O2S/c1-7-3-4-9(8(2)5-7)16(14,15)13-6-10(11)12/h3-5,13H,6H2,1-2H3,(H3,11,12). The van der Waals surface area contributed by atoms with Crippen molar-refractivity contribution in [3.05, 3.63) is 29.3 Å². The zero-order chi connectivity index (χ0) is 12.3. The Morgan fingerprint density at radius 2 is 2.06 bits per heavy atom. The third kappa shape index (κ3) is 3.04. The van der Waals surface area contributed by atoms with Gasteiger partial charge < -0.3 is 5.73 Å². The number of amidine groups is 1. The molecule has 1 rings (SSSR count). The van der Waals surface area contributed by atoms with Gasteiger partial charge in [-0.25, -0.2) is 13.1 Å². The molecule has 0 spiro atoms. The molecule has 0 aliphatic carbocycles. The molecular weight excluding hydrogens is 226 g/mol. The molecule has 0 aliphatic heterocycles. The van der Waals surface area contributed by atoms with Gasteiger partial charge in [0.15, 0.2) is 0 Å². The molecule has 0 radical (unpaired) electrons. The lowest BCUT2D eigenvalue weighted by Crippen LogP contribution is -2.33. The Kier molecular flexibility index (Phi) is 3.66. The molecule has 88 valence electrons. The number of sulfonamides is 1. The van der Waals surface area contributed by atoms with E-state index in [2.05, 4.69) is 4.72 Å². The lowest BCUT2D eigenvalue weighted by atomic mass is 10.2. The third-order valence-electron chi connectivity index (χ3n) is 2.07. The first-order valence-corrected chi connectivity index (χ1v) is 6.21. The van der Waals surface area contributed by atoms with Crippen LogP contribution in [-0.2, 0) is 10.0 Å². The second-order valence-corrected chi connectivity index (χ2v) is 5.35. The summed E-state index contributed by atoms with van der Waals surface area (Å²) in [6.45, 7) is 3.46. The van der Waals surface area contributed by atoms with Crippen LogP contribution in [0.2, 0.25) is 0 Å². The molecule has 4 N–H and O–H groups in total. The van der Waals surface area contributed by atoms with Crippen molar-refractivity contribution in [2.75, 3.05) is 6.54 Å². The average Bonchev–Trinajstić information content (AvgIpc) is 2.14. The molecule has 0 heterocycles. The lowest BCUT2D eigenvalue weighted by molar-refractivity contribution is 0.585. The van der Waals surface area contributed by atoms with E-state index in [0.29, 0.717) is 5.56 Å². The highest BCUT2D eigenvalue weighted by molar-refractivity contribution is 7.89. The fraction of sp³-hybridized carbons (Fsp3) is 0.300. The number of nitrogens with two attached hydrogens (primary N) is 1. The van der Waals surface area contributed by atoms with Crippen molar-refractivity contribution < 1.29 is 8.42 Å². The Morgan fingerprint density at radius 1 is 1.44 bits per heavy atom. The predicted octanol–water partition coefficient (Wildman–Crippen LogP) is 0.518. The minimum absolute atomic E-state index is 0.171. The number of hydrogen-bond donors (Lipinski definition) is 3. The van der Waals surface area contributed by atoms with Gasteiger partial charge >= 0.3 is 0 Å². The minimum atomic E-state index is -3.57. The Hall–Kier alpha value is -1.40. The van der Waals surface area contributed by atoms with Crippen molar-refractivity contribution in [1.82, 2.24) is 4.72 Å². The maximum absolute atomic E-state index is 11.8. The highest BCUT2D eigenvalue weighted by Crippen LogP contribution is 2.15. The lowest BCUT2D eigenvalue weighted by Gasteiger charge is -2.09. The smallest absolute Gasteiger partial charge is 0.241 e. The summed E-state index contributed by atoms with van der Waals surface area (Å²) in [4.78, 5) is 0.222. The van der Waals surface area contributed by atoms with Gasteiger partial charge in [-0.3, -0.25) is 5.41 Å². The normalized spacial score (nSPS) is 11.4. The number of aryl methyl sites for hydroxylation is 2. The summed E-state index contributed by atoms with van der Waals surface area (Å²) in [7, 11) is -3.57. The van der Waals surface area contributed by atoms with Crippen molar-refractivity contribution >= 4 is 15.9 Å². The molecule has 0 saturated carbocycles. The topological polar surface area (TPSA) is 96.0 Å². The molecule has 0 amide bonds. The Bertz CT molecular complexity index is 509. The zero-order valence-electron chi connectivity index (χ0n) is 9.24. The molecule has 6 heteroatoms. The van der Waals surface area contributed by atoms with Crippen molar-refractivity contribution in [1.29, 1.82) is 5.41 Å². The highest BCUT2D eigenvalue weighted by atomic mass is 32.2. The van der Waals surface area contributed by atoms with Gasteiger partial charge in [-0.05, 0) is 25.5 Å². The fourth-order valence-corrected chi connectivity index (χ4v) is 2.58. The maximum atomic E-state index is 11.8. The Balaban J connectivity index is 3.03. The van der Waals surface area contributed by atoms with Gasteiger partial charge in [-0.2, -0.15) is 0 Å². The Morgan fingerprint density at radius 3 is 2.56 bits per heavy atom. The molecule has 0 fully saturated rings. The highest BCUT2D eigenvalue weighted by Gasteiger charge is 2.16. The van der Waals surface area contributed by atoms with Crippen molar-refractivity contribution in [2.24, 2.45) is 5.73 Å². The average molecular weight is 241 g/mol. The molecule has 0 aromatic heterocycles. The van der Waals surface area contributed by atoms with Crippen LogP contribution in [0.5, 0.6) is 0 Å². The zero-order valence-corrected chi connectivity index (χ0v) is 10.1. The van der Waals surface area contributed by atoms with Crippen molar-refractivity contribution in [3.63, 3.8) is 0 Å². The van der Waals surface area contributed by atoms with Gasteiger partial charge in [0, 0.05) is 0 Å². The maximum Gasteiger partial charge on any atom is 0.241 e.